The van der Waals surface area contributed by atoms with Gasteiger partial charge in [-0.05, 0) is 26.3 Å². The van der Waals surface area contributed by atoms with Crippen molar-refractivity contribution in [3.8, 4) is 0 Å². The van der Waals surface area contributed by atoms with Gasteiger partial charge in [0.25, 0.3) is 0 Å². The third-order valence-corrected chi connectivity index (χ3v) is 4.59. The number of amides is 2. The number of aryl methyl sites for hydroxylation is 1. The standard InChI is InChI=1S/C18H24N2O4/c1-11-4-6-14(7-5-11)9-20-10-15(8-16(20)21)17(22)19-13(3)12(2)18(23)24/h4-7,12-13,15H,8-10H2,1-3H3,(H,19,22)(H,23,24). The first kappa shape index (κ1) is 18.0. The molecule has 6 nitrogen and oxygen atoms in total. The fourth-order valence-electron chi connectivity index (χ4n) is 2.70. The summed E-state index contributed by atoms with van der Waals surface area (Å²) in [6.45, 7) is 6.08. The summed E-state index contributed by atoms with van der Waals surface area (Å²) in [7, 11) is 0. The molecule has 1 saturated heterocycles. The largest absolute Gasteiger partial charge is 0.481 e. The van der Waals surface area contributed by atoms with E-state index in [0.29, 0.717) is 13.1 Å². The third kappa shape index (κ3) is 4.34. The van der Waals surface area contributed by atoms with Gasteiger partial charge in [-0.3, -0.25) is 14.4 Å². The van der Waals surface area contributed by atoms with Gasteiger partial charge >= 0.3 is 5.97 Å². The molecule has 0 aliphatic carbocycles. The molecule has 6 heteroatoms. The first-order valence-electron chi connectivity index (χ1n) is 8.14. The fourth-order valence-corrected chi connectivity index (χ4v) is 2.70. The monoisotopic (exact) mass is 332 g/mol. The molecular formula is C18H24N2O4. The molecule has 0 aromatic heterocycles. The Kier molecular flexibility index (Phi) is 5.59. The number of likely N-dealkylation sites (tertiary alicyclic amines) is 1. The molecule has 24 heavy (non-hydrogen) atoms. The molecule has 1 aromatic rings. The Balaban J connectivity index is 1.92. The van der Waals surface area contributed by atoms with Crippen molar-refractivity contribution in [2.75, 3.05) is 6.54 Å². The van der Waals surface area contributed by atoms with Crippen molar-refractivity contribution in [1.82, 2.24) is 10.2 Å². The van der Waals surface area contributed by atoms with Crippen LogP contribution in [0.5, 0.6) is 0 Å². The lowest BCUT2D eigenvalue weighted by Crippen LogP contribution is -2.43. The Morgan fingerprint density at radius 3 is 2.50 bits per heavy atom. The number of nitrogens with zero attached hydrogens (tertiary/aromatic N) is 1. The zero-order valence-electron chi connectivity index (χ0n) is 14.3. The average Bonchev–Trinajstić information content (AvgIpc) is 2.89. The van der Waals surface area contributed by atoms with E-state index >= 15 is 0 Å². The van der Waals surface area contributed by atoms with Crippen LogP contribution in [0, 0.1) is 18.8 Å². The summed E-state index contributed by atoms with van der Waals surface area (Å²) in [6, 6.07) is 7.47. The van der Waals surface area contributed by atoms with Crippen LogP contribution < -0.4 is 5.32 Å². The Labute approximate surface area is 141 Å². The lowest BCUT2D eigenvalue weighted by molar-refractivity contribution is -0.142. The zero-order valence-corrected chi connectivity index (χ0v) is 14.3. The normalized spacial score (nSPS) is 19.9. The van der Waals surface area contributed by atoms with Crippen LogP contribution >= 0.6 is 0 Å². The number of carbonyl (C=O) groups is 3. The summed E-state index contributed by atoms with van der Waals surface area (Å²) in [5, 5.41) is 11.7. The molecule has 2 amide bonds. The molecule has 1 aromatic carbocycles. The molecule has 3 atom stereocenters. The van der Waals surface area contributed by atoms with Crippen molar-refractivity contribution in [2.24, 2.45) is 11.8 Å². The molecule has 1 aliphatic heterocycles. The van der Waals surface area contributed by atoms with Crippen LogP contribution in [0.4, 0.5) is 0 Å². The molecule has 1 heterocycles. The molecule has 0 radical (unpaired) electrons. The molecule has 0 spiro atoms. The van der Waals surface area contributed by atoms with E-state index in [-0.39, 0.29) is 18.2 Å². The van der Waals surface area contributed by atoms with Gasteiger partial charge < -0.3 is 15.3 Å². The maximum Gasteiger partial charge on any atom is 0.308 e. The van der Waals surface area contributed by atoms with E-state index in [9.17, 15) is 14.4 Å². The predicted molar refractivity (Wildman–Crippen MR) is 89.1 cm³/mol. The van der Waals surface area contributed by atoms with E-state index < -0.39 is 23.8 Å². The predicted octanol–water partition coefficient (Wildman–Crippen LogP) is 1.57. The van der Waals surface area contributed by atoms with Gasteiger partial charge in [-0.15, -0.1) is 0 Å². The minimum atomic E-state index is -0.953. The van der Waals surface area contributed by atoms with Gasteiger partial charge in [-0.2, -0.15) is 0 Å². The summed E-state index contributed by atoms with van der Waals surface area (Å²) in [5.41, 5.74) is 2.19. The van der Waals surface area contributed by atoms with Gasteiger partial charge in [-0.1, -0.05) is 29.8 Å². The van der Waals surface area contributed by atoms with E-state index in [1.165, 1.54) is 0 Å². The highest BCUT2D eigenvalue weighted by Crippen LogP contribution is 2.21. The van der Waals surface area contributed by atoms with Crippen molar-refractivity contribution in [1.29, 1.82) is 0 Å². The summed E-state index contributed by atoms with van der Waals surface area (Å²) in [4.78, 5) is 37.1. The van der Waals surface area contributed by atoms with Gasteiger partial charge in [0.05, 0.1) is 11.8 Å². The van der Waals surface area contributed by atoms with Crippen LogP contribution in [0.3, 0.4) is 0 Å². The Hall–Kier alpha value is -2.37. The number of nitrogens with one attached hydrogen (secondary N) is 1. The number of aliphatic carboxylic acids is 1. The second kappa shape index (κ2) is 7.47. The number of carboxylic acid groups (broad SMARTS) is 1. The lowest BCUT2D eigenvalue weighted by Gasteiger charge is -2.20. The number of carbonyl (C=O) groups excluding carboxylic acids is 2. The summed E-state index contributed by atoms with van der Waals surface area (Å²) in [5.74, 6) is -2.35. The lowest BCUT2D eigenvalue weighted by atomic mass is 10.0. The van der Waals surface area contributed by atoms with Gasteiger partial charge in [0.1, 0.15) is 0 Å². The maximum atomic E-state index is 12.3. The van der Waals surface area contributed by atoms with Gasteiger partial charge in [-0.25, -0.2) is 0 Å². The molecule has 2 rings (SSSR count). The van der Waals surface area contributed by atoms with Crippen LogP contribution in [-0.4, -0.2) is 40.4 Å². The molecule has 2 N–H and O–H groups in total. The maximum absolute atomic E-state index is 12.3. The summed E-state index contributed by atoms with van der Waals surface area (Å²) < 4.78 is 0. The van der Waals surface area contributed by atoms with Crippen LogP contribution in [-0.2, 0) is 20.9 Å². The van der Waals surface area contributed by atoms with Crippen molar-refractivity contribution < 1.29 is 19.5 Å². The van der Waals surface area contributed by atoms with E-state index in [0.717, 1.165) is 11.1 Å². The molecule has 0 saturated carbocycles. The van der Waals surface area contributed by atoms with Crippen LogP contribution in [0.1, 0.15) is 31.4 Å². The molecule has 130 valence electrons. The Morgan fingerprint density at radius 2 is 1.92 bits per heavy atom. The minimum Gasteiger partial charge on any atom is -0.481 e. The van der Waals surface area contributed by atoms with Crippen molar-refractivity contribution in [3.63, 3.8) is 0 Å². The van der Waals surface area contributed by atoms with Crippen molar-refractivity contribution in [3.05, 3.63) is 35.4 Å². The number of hydrogen-bond donors (Lipinski definition) is 2. The molecule has 3 unspecified atom stereocenters. The summed E-state index contributed by atoms with van der Waals surface area (Å²) in [6.07, 6.45) is 0.172. The Morgan fingerprint density at radius 1 is 1.29 bits per heavy atom. The van der Waals surface area contributed by atoms with E-state index in [2.05, 4.69) is 5.32 Å². The highest BCUT2D eigenvalue weighted by molar-refractivity contribution is 5.89. The molecule has 1 fully saturated rings. The van der Waals surface area contributed by atoms with E-state index in [1.54, 1.807) is 18.7 Å². The first-order chi connectivity index (χ1) is 11.3. The second-order valence-electron chi connectivity index (χ2n) is 6.59. The van der Waals surface area contributed by atoms with Crippen molar-refractivity contribution >= 4 is 17.8 Å². The minimum absolute atomic E-state index is 0.0466. The van der Waals surface area contributed by atoms with E-state index in [4.69, 9.17) is 5.11 Å². The van der Waals surface area contributed by atoms with Gasteiger partial charge in [0.2, 0.25) is 11.8 Å². The molecule has 1 aliphatic rings. The first-order valence-corrected chi connectivity index (χ1v) is 8.14. The van der Waals surface area contributed by atoms with Crippen LogP contribution in [0.25, 0.3) is 0 Å². The quantitative estimate of drug-likeness (QED) is 0.828. The third-order valence-electron chi connectivity index (χ3n) is 4.59. The van der Waals surface area contributed by atoms with Crippen LogP contribution in [0.2, 0.25) is 0 Å². The molecule has 0 bridgehead atoms. The fraction of sp³-hybridized carbons (Fsp3) is 0.500. The highest BCUT2D eigenvalue weighted by Gasteiger charge is 2.35. The van der Waals surface area contributed by atoms with Gasteiger partial charge in [0.15, 0.2) is 0 Å². The van der Waals surface area contributed by atoms with Crippen molar-refractivity contribution in [2.45, 2.75) is 39.8 Å². The van der Waals surface area contributed by atoms with Crippen LogP contribution in [0.15, 0.2) is 24.3 Å². The number of hydrogen-bond acceptors (Lipinski definition) is 3. The zero-order chi connectivity index (χ0) is 17.9. The topological polar surface area (TPSA) is 86.7 Å². The highest BCUT2D eigenvalue weighted by atomic mass is 16.4. The molecular weight excluding hydrogens is 308 g/mol. The number of carboxylic acids is 1. The smallest absolute Gasteiger partial charge is 0.308 e. The number of benzene rings is 1. The summed E-state index contributed by atoms with van der Waals surface area (Å²) >= 11 is 0. The van der Waals surface area contributed by atoms with E-state index in [1.807, 2.05) is 31.2 Å². The SMILES string of the molecule is Cc1ccc(CN2CC(C(=O)NC(C)C(C)C(=O)O)CC2=O)cc1. The number of rotatable bonds is 6. The second-order valence-corrected chi connectivity index (χ2v) is 6.59. The van der Waals surface area contributed by atoms with Gasteiger partial charge in [0, 0.05) is 25.6 Å². The average molecular weight is 332 g/mol. The Bertz CT molecular complexity index is 626.